The number of nitrogens with two attached hydrogens (primary N) is 1. The van der Waals surface area contributed by atoms with Gasteiger partial charge in [0.15, 0.2) is 23.1 Å². The first kappa shape index (κ1) is 23.6. The SMILES string of the molecule is COc1cccc([C@H](C[NH2+]C[C@@H](O)COc2ccccc2F)c2c[nH]c3ccccc23)c1OC. The molecule has 4 rings (SSSR count). The lowest BCUT2D eigenvalue weighted by atomic mass is 9.89. The number of aliphatic hydroxyl groups excluding tert-OH is 1. The number of quaternary nitrogens is 1. The fraction of sp³-hybridized carbons (Fsp3) is 0.259. The summed E-state index contributed by atoms with van der Waals surface area (Å²) in [7, 11) is 3.27. The third kappa shape index (κ3) is 5.16. The van der Waals surface area contributed by atoms with Crippen LogP contribution < -0.4 is 19.5 Å². The maximum atomic E-state index is 13.8. The third-order valence-electron chi connectivity index (χ3n) is 5.91. The smallest absolute Gasteiger partial charge is 0.165 e. The van der Waals surface area contributed by atoms with Crippen LogP contribution in [0.4, 0.5) is 4.39 Å². The van der Waals surface area contributed by atoms with E-state index in [1.54, 1.807) is 32.4 Å². The Kier molecular flexibility index (Phi) is 7.67. The van der Waals surface area contributed by atoms with Crippen LogP contribution in [0.3, 0.4) is 0 Å². The minimum Gasteiger partial charge on any atom is -0.493 e. The first-order chi connectivity index (χ1) is 16.6. The molecular formula is C27H30FN2O4+. The summed E-state index contributed by atoms with van der Waals surface area (Å²) in [4.78, 5) is 3.36. The number of fused-ring (bicyclic) bond motifs is 1. The lowest BCUT2D eigenvalue weighted by Gasteiger charge is -2.21. The van der Waals surface area contributed by atoms with Gasteiger partial charge in [-0.2, -0.15) is 0 Å². The zero-order valence-electron chi connectivity index (χ0n) is 19.3. The number of rotatable bonds is 11. The maximum Gasteiger partial charge on any atom is 0.165 e. The van der Waals surface area contributed by atoms with Crippen LogP contribution in [0.5, 0.6) is 17.2 Å². The molecule has 1 aromatic heterocycles. The Morgan fingerprint density at radius 3 is 2.44 bits per heavy atom. The highest BCUT2D eigenvalue weighted by Gasteiger charge is 2.25. The fourth-order valence-electron chi connectivity index (χ4n) is 4.26. The zero-order valence-corrected chi connectivity index (χ0v) is 19.3. The van der Waals surface area contributed by atoms with Crippen molar-refractivity contribution in [2.45, 2.75) is 12.0 Å². The van der Waals surface area contributed by atoms with Crippen molar-refractivity contribution in [3.8, 4) is 17.2 Å². The van der Waals surface area contributed by atoms with Crippen molar-refractivity contribution >= 4 is 10.9 Å². The molecule has 0 amide bonds. The van der Waals surface area contributed by atoms with Gasteiger partial charge in [0.25, 0.3) is 0 Å². The van der Waals surface area contributed by atoms with Gasteiger partial charge in [0.1, 0.15) is 19.3 Å². The standard InChI is InChI=1S/C27H29FN2O4/c1-32-26-13-7-9-20(27(26)33-2)21(22-16-30-24-11-5-3-8-19(22)24)15-29-14-18(31)17-34-25-12-6-4-10-23(25)28/h3-13,16,18,21,29-31H,14-15,17H2,1-2H3/p+1/t18-,21+/m1/s1. The molecule has 0 saturated heterocycles. The average Bonchev–Trinajstić information content (AvgIpc) is 3.29. The highest BCUT2D eigenvalue weighted by atomic mass is 19.1. The number of para-hydroxylation sites is 3. The van der Waals surface area contributed by atoms with E-state index < -0.39 is 11.9 Å². The Bertz CT molecular complexity index is 1230. The Balaban J connectivity index is 1.52. The quantitative estimate of drug-likeness (QED) is 0.317. The zero-order chi connectivity index (χ0) is 23.9. The van der Waals surface area contributed by atoms with Crippen molar-refractivity contribution in [1.82, 2.24) is 4.98 Å². The molecule has 6 nitrogen and oxygen atoms in total. The Morgan fingerprint density at radius 1 is 0.882 bits per heavy atom. The van der Waals surface area contributed by atoms with Crippen LogP contribution in [0.15, 0.2) is 72.9 Å². The number of benzene rings is 3. The summed E-state index contributed by atoms with van der Waals surface area (Å²) in [6.07, 6.45) is 1.27. The van der Waals surface area contributed by atoms with Gasteiger partial charge in [-0.05, 0) is 29.8 Å². The van der Waals surface area contributed by atoms with Gasteiger partial charge in [0.05, 0.1) is 26.7 Å². The van der Waals surface area contributed by atoms with E-state index in [4.69, 9.17) is 14.2 Å². The van der Waals surface area contributed by atoms with Crippen molar-refractivity contribution in [3.05, 3.63) is 89.9 Å². The molecule has 178 valence electrons. The average molecular weight is 466 g/mol. The highest BCUT2D eigenvalue weighted by molar-refractivity contribution is 5.84. The van der Waals surface area contributed by atoms with E-state index in [2.05, 4.69) is 11.1 Å². The number of hydrogen-bond donors (Lipinski definition) is 3. The van der Waals surface area contributed by atoms with Gasteiger partial charge < -0.3 is 29.6 Å². The van der Waals surface area contributed by atoms with E-state index in [-0.39, 0.29) is 18.3 Å². The molecule has 4 aromatic rings. The van der Waals surface area contributed by atoms with Crippen LogP contribution in [0.2, 0.25) is 0 Å². The van der Waals surface area contributed by atoms with E-state index in [0.717, 1.165) is 22.0 Å². The van der Waals surface area contributed by atoms with Crippen molar-refractivity contribution in [3.63, 3.8) is 0 Å². The molecular weight excluding hydrogens is 435 g/mol. The van der Waals surface area contributed by atoms with E-state index in [0.29, 0.717) is 24.6 Å². The number of halogens is 1. The number of aromatic amines is 1. The summed E-state index contributed by atoms with van der Waals surface area (Å²) in [6.45, 7) is 1.07. The normalized spacial score (nSPS) is 12.9. The number of aromatic nitrogens is 1. The van der Waals surface area contributed by atoms with E-state index in [9.17, 15) is 9.50 Å². The van der Waals surface area contributed by atoms with Crippen LogP contribution in [0.1, 0.15) is 17.0 Å². The number of ether oxygens (including phenoxy) is 3. The van der Waals surface area contributed by atoms with E-state index >= 15 is 0 Å². The van der Waals surface area contributed by atoms with E-state index in [1.165, 1.54) is 6.07 Å². The molecule has 0 bridgehead atoms. The molecule has 4 N–H and O–H groups in total. The Morgan fingerprint density at radius 2 is 1.65 bits per heavy atom. The number of H-pyrrole nitrogens is 1. The molecule has 0 fully saturated rings. The van der Waals surface area contributed by atoms with Crippen LogP contribution >= 0.6 is 0 Å². The molecule has 3 aromatic carbocycles. The summed E-state index contributed by atoms with van der Waals surface area (Å²) < 4.78 is 30.5. The predicted octanol–water partition coefficient (Wildman–Crippen LogP) is 3.46. The van der Waals surface area contributed by atoms with Crippen molar-refractivity contribution < 1.29 is 29.0 Å². The lowest BCUT2D eigenvalue weighted by molar-refractivity contribution is -0.662. The first-order valence-electron chi connectivity index (χ1n) is 11.3. The summed E-state index contributed by atoms with van der Waals surface area (Å²) >= 11 is 0. The minimum atomic E-state index is -0.754. The van der Waals surface area contributed by atoms with Crippen molar-refractivity contribution in [2.75, 3.05) is 33.9 Å². The summed E-state index contributed by atoms with van der Waals surface area (Å²) in [5.74, 6) is 1.03. The van der Waals surface area contributed by atoms with Gasteiger partial charge in [0.2, 0.25) is 0 Å². The molecule has 2 atom stereocenters. The molecule has 0 radical (unpaired) electrons. The molecule has 0 saturated carbocycles. The molecule has 7 heteroatoms. The topological polar surface area (TPSA) is 80.3 Å². The number of nitrogens with one attached hydrogen (secondary N) is 1. The summed E-state index contributed by atoms with van der Waals surface area (Å²) in [5, 5.41) is 13.6. The number of methoxy groups -OCH3 is 2. The minimum absolute atomic E-state index is 0.0116. The molecule has 0 unspecified atom stereocenters. The van der Waals surface area contributed by atoms with Gasteiger partial charge in [-0.15, -0.1) is 0 Å². The van der Waals surface area contributed by atoms with Crippen LogP contribution in [0, 0.1) is 5.82 Å². The van der Waals surface area contributed by atoms with Gasteiger partial charge in [-0.3, -0.25) is 0 Å². The monoisotopic (exact) mass is 465 g/mol. The summed E-state index contributed by atoms with van der Waals surface area (Å²) in [5.41, 5.74) is 3.19. The maximum absolute atomic E-state index is 13.8. The van der Waals surface area contributed by atoms with Crippen LogP contribution in [0.25, 0.3) is 10.9 Å². The number of hydrogen-bond acceptors (Lipinski definition) is 4. The lowest BCUT2D eigenvalue weighted by Crippen LogP contribution is -2.87. The van der Waals surface area contributed by atoms with Gasteiger partial charge in [-0.1, -0.05) is 42.5 Å². The van der Waals surface area contributed by atoms with Crippen LogP contribution in [-0.2, 0) is 0 Å². The number of aliphatic hydroxyl groups is 1. The van der Waals surface area contributed by atoms with Gasteiger partial charge in [0, 0.05) is 22.7 Å². The van der Waals surface area contributed by atoms with Gasteiger partial charge in [-0.25, -0.2) is 4.39 Å². The fourth-order valence-corrected chi connectivity index (χ4v) is 4.26. The molecule has 34 heavy (non-hydrogen) atoms. The molecule has 1 heterocycles. The third-order valence-corrected chi connectivity index (χ3v) is 5.91. The van der Waals surface area contributed by atoms with E-state index in [1.807, 2.05) is 47.9 Å². The highest BCUT2D eigenvalue weighted by Crippen LogP contribution is 2.39. The first-order valence-corrected chi connectivity index (χ1v) is 11.3. The molecule has 0 aliphatic rings. The second-order valence-corrected chi connectivity index (χ2v) is 8.08. The Hall–Kier alpha value is -3.55. The van der Waals surface area contributed by atoms with Crippen molar-refractivity contribution in [2.24, 2.45) is 0 Å². The molecule has 0 aliphatic heterocycles. The largest absolute Gasteiger partial charge is 0.493 e. The molecule has 0 spiro atoms. The van der Waals surface area contributed by atoms with Crippen LogP contribution in [-0.4, -0.2) is 50.1 Å². The van der Waals surface area contributed by atoms with Gasteiger partial charge >= 0.3 is 0 Å². The van der Waals surface area contributed by atoms with Crippen molar-refractivity contribution in [1.29, 1.82) is 0 Å². The summed E-state index contributed by atoms with van der Waals surface area (Å²) in [6, 6.07) is 20.2. The predicted molar refractivity (Wildman–Crippen MR) is 129 cm³/mol. The Labute approximate surface area is 198 Å². The second-order valence-electron chi connectivity index (χ2n) is 8.08. The molecule has 0 aliphatic carbocycles. The second kappa shape index (κ2) is 11.0.